The van der Waals surface area contributed by atoms with Gasteiger partial charge in [0.2, 0.25) is 0 Å². The topological polar surface area (TPSA) is 4.93 Å². The molecule has 0 aliphatic rings. The fourth-order valence-electron chi connectivity index (χ4n) is 7.52. The van der Waals surface area contributed by atoms with Crippen molar-refractivity contribution in [3.05, 3.63) is 150 Å². The van der Waals surface area contributed by atoms with Gasteiger partial charge in [-0.15, -0.1) is 0 Å². The highest BCUT2D eigenvalue weighted by Crippen LogP contribution is 2.46. The lowest BCUT2D eigenvalue weighted by Gasteiger charge is -2.23. The fraction of sp³-hybridized carbons (Fsp3) is 0.0909. The van der Waals surface area contributed by atoms with Gasteiger partial charge < -0.3 is 4.57 Å². The molecule has 0 fully saturated rings. The molecule has 0 radical (unpaired) electrons. The first-order chi connectivity index (χ1) is 22.4. The molecule has 0 saturated heterocycles. The number of hydrogen-bond acceptors (Lipinski definition) is 0. The van der Waals surface area contributed by atoms with E-state index in [4.69, 9.17) is 11.6 Å². The van der Waals surface area contributed by atoms with Crippen LogP contribution in [0.3, 0.4) is 0 Å². The van der Waals surface area contributed by atoms with Crippen molar-refractivity contribution in [1.29, 1.82) is 0 Å². The van der Waals surface area contributed by atoms with Crippen LogP contribution in [-0.2, 0) is 5.41 Å². The standard InChI is InChI=1S/C44H32ClN/c1-44(2,3)30-24-28-18-22-35-37(27-16-20-31(45)21-17-27)26-38(36-23-19-29(25-30)42(28)43(35)36)34-12-6-9-15-41(34)46-39-13-7-4-10-32(39)33-11-5-8-14-40(33)46/h4-26H,1-3H3. The summed E-state index contributed by atoms with van der Waals surface area (Å²) in [6.45, 7) is 6.88. The largest absolute Gasteiger partial charge is 0.309 e. The maximum atomic E-state index is 6.39. The summed E-state index contributed by atoms with van der Waals surface area (Å²) in [6.07, 6.45) is 0. The number of hydrogen-bond donors (Lipinski definition) is 0. The molecule has 0 spiro atoms. The summed E-state index contributed by atoms with van der Waals surface area (Å²) >= 11 is 6.39. The Morgan fingerprint density at radius 1 is 0.478 bits per heavy atom. The van der Waals surface area contributed by atoms with E-state index in [2.05, 4.69) is 153 Å². The van der Waals surface area contributed by atoms with Crippen LogP contribution < -0.4 is 0 Å². The predicted octanol–water partition coefficient (Wildman–Crippen LogP) is 13.0. The third kappa shape index (κ3) is 4.02. The number of benzene rings is 8. The molecule has 9 rings (SSSR count). The first-order valence-corrected chi connectivity index (χ1v) is 16.3. The molecule has 2 heteroatoms. The molecule has 0 atom stereocenters. The van der Waals surface area contributed by atoms with Crippen LogP contribution in [0.4, 0.5) is 0 Å². The second-order valence-electron chi connectivity index (χ2n) is 13.5. The van der Waals surface area contributed by atoms with Crippen LogP contribution in [0.2, 0.25) is 5.02 Å². The normalized spacial score (nSPS) is 12.3. The SMILES string of the molecule is CC(C)(C)c1cc2ccc3c(-c4ccc(Cl)cc4)cc(-c4ccccc4-n4c5ccccc5c5ccccc54)c4ccc(c1)c2c34. The molecule has 1 heterocycles. The van der Waals surface area contributed by atoms with Crippen LogP contribution in [0.5, 0.6) is 0 Å². The van der Waals surface area contributed by atoms with Gasteiger partial charge in [-0.05, 0) is 96.4 Å². The van der Waals surface area contributed by atoms with E-state index < -0.39 is 0 Å². The number of aromatic nitrogens is 1. The van der Waals surface area contributed by atoms with Crippen LogP contribution in [0, 0.1) is 0 Å². The molecule has 0 N–H and O–H groups in total. The van der Waals surface area contributed by atoms with E-state index in [1.165, 1.54) is 82.1 Å². The van der Waals surface area contributed by atoms with Gasteiger partial charge in [-0.25, -0.2) is 0 Å². The van der Waals surface area contributed by atoms with E-state index in [-0.39, 0.29) is 5.41 Å². The van der Waals surface area contributed by atoms with Crippen molar-refractivity contribution < 1.29 is 0 Å². The molecule has 0 unspecified atom stereocenters. The zero-order chi connectivity index (χ0) is 31.2. The second-order valence-corrected chi connectivity index (χ2v) is 14.0. The lowest BCUT2D eigenvalue weighted by Crippen LogP contribution is -2.10. The highest BCUT2D eigenvalue weighted by Gasteiger charge is 2.22. The van der Waals surface area contributed by atoms with Crippen molar-refractivity contribution >= 4 is 65.7 Å². The molecule has 0 aliphatic heterocycles. The number of rotatable bonds is 3. The third-order valence-electron chi connectivity index (χ3n) is 9.75. The summed E-state index contributed by atoms with van der Waals surface area (Å²) in [4.78, 5) is 0. The number of para-hydroxylation sites is 3. The van der Waals surface area contributed by atoms with Gasteiger partial charge in [-0.3, -0.25) is 0 Å². The minimum Gasteiger partial charge on any atom is -0.309 e. The summed E-state index contributed by atoms with van der Waals surface area (Å²) in [5.74, 6) is 0. The minimum absolute atomic E-state index is 0.0608. The minimum atomic E-state index is 0.0608. The van der Waals surface area contributed by atoms with Crippen LogP contribution in [0.15, 0.2) is 140 Å². The molecule has 8 aromatic carbocycles. The van der Waals surface area contributed by atoms with Crippen molar-refractivity contribution in [1.82, 2.24) is 4.57 Å². The van der Waals surface area contributed by atoms with Gasteiger partial charge in [0.1, 0.15) is 0 Å². The first-order valence-electron chi connectivity index (χ1n) is 16.0. The number of halogens is 1. The van der Waals surface area contributed by atoms with Gasteiger partial charge in [0.05, 0.1) is 16.7 Å². The predicted molar refractivity (Wildman–Crippen MR) is 199 cm³/mol. The molecule has 9 aromatic rings. The summed E-state index contributed by atoms with van der Waals surface area (Å²) in [5, 5.41) is 11.0. The van der Waals surface area contributed by atoms with E-state index in [1.807, 2.05) is 12.1 Å². The molecular weight excluding hydrogens is 578 g/mol. The molecule has 220 valence electrons. The first kappa shape index (κ1) is 27.2. The van der Waals surface area contributed by atoms with E-state index in [1.54, 1.807) is 0 Å². The Balaban J connectivity index is 1.43. The smallest absolute Gasteiger partial charge is 0.0541 e. The molecule has 0 amide bonds. The Bertz CT molecular complexity index is 2540. The zero-order valence-corrected chi connectivity index (χ0v) is 26.9. The van der Waals surface area contributed by atoms with Crippen molar-refractivity contribution in [3.8, 4) is 27.9 Å². The molecular formula is C44H32ClN. The summed E-state index contributed by atoms with van der Waals surface area (Å²) < 4.78 is 2.44. The average Bonchev–Trinajstić information content (AvgIpc) is 3.41. The molecule has 0 bridgehead atoms. The van der Waals surface area contributed by atoms with E-state index in [0.717, 1.165) is 10.6 Å². The Labute approximate surface area is 273 Å². The maximum Gasteiger partial charge on any atom is 0.0541 e. The van der Waals surface area contributed by atoms with Crippen LogP contribution in [0.1, 0.15) is 26.3 Å². The molecule has 0 aliphatic carbocycles. The van der Waals surface area contributed by atoms with Crippen molar-refractivity contribution in [2.24, 2.45) is 0 Å². The molecule has 1 aromatic heterocycles. The van der Waals surface area contributed by atoms with E-state index in [9.17, 15) is 0 Å². The van der Waals surface area contributed by atoms with Crippen molar-refractivity contribution in [3.63, 3.8) is 0 Å². The van der Waals surface area contributed by atoms with Gasteiger partial charge in [0, 0.05) is 21.4 Å². The molecule has 1 nitrogen and oxygen atoms in total. The summed E-state index contributed by atoms with van der Waals surface area (Å²) in [7, 11) is 0. The Morgan fingerprint density at radius 2 is 1.04 bits per heavy atom. The number of nitrogens with zero attached hydrogens (tertiary/aromatic N) is 1. The van der Waals surface area contributed by atoms with Gasteiger partial charge in [0.15, 0.2) is 0 Å². The Kier molecular flexibility index (Phi) is 5.88. The van der Waals surface area contributed by atoms with Gasteiger partial charge in [-0.2, -0.15) is 0 Å². The van der Waals surface area contributed by atoms with Crippen molar-refractivity contribution in [2.75, 3.05) is 0 Å². The van der Waals surface area contributed by atoms with Gasteiger partial charge in [-0.1, -0.05) is 136 Å². The maximum absolute atomic E-state index is 6.39. The lowest BCUT2D eigenvalue weighted by atomic mass is 9.81. The van der Waals surface area contributed by atoms with Gasteiger partial charge >= 0.3 is 0 Å². The highest BCUT2D eigenvalue weighted by atomic mass is 35.5. The zero-order valence-electron chi connectivity index (χ0n) is 26.1. The lowest BCUT2D eigenvalue weighted by molar-refractivity contribution is 0.591. The van der Waals surface area contributed by atoms with E-state index >= 15 is 0 Å². The molecule has 0 saturated carbocycles. The quantitative estimate of drug-likeness (QED) is 0.176. The monoisotopic (exact) mass is 609 g/mol. The average molecular weight is 610 g/mol. The van der Waals surface area contributed by atoms with Crippen molar-refractivity contribution in [2.45, 2.75) is 26.2 Å². The summed E-state index contributed by atoms with van der Waals surface area (Å²) in [5.41, 5.74) is 9.81. The highest BCUT2D eigenvalue weighted by molar-refractivity contribution is 6.31. The van der Waals surface area contributed by atoms with Crippen LogP contribution in [-0.4, -0.2) is 4.57 Å². The van der Waals surface area contributed by atoms with Crippen LogP contribution in [0.25, 0.3) is 82.1 Å². The fourth-order valence-corrected chi connectivity index (χ4v) is 7.64. The Hall–Kier alpha value is -5.11. The van der Waals surface area contributed by atoms with E-state index in [0.29, 0.717) is 0 Å². The van der Waals surface area contributed by atoms with Gasteiger partial charge in [0.25, 0.3) is 0 Å². The second kappa shape index (κ2) is 9.94. The number of fused-ring (bicyclic) bond motifs is 3. The van der Waals surface area contributed by atoms with Crippen LogP contribution >= 0.6 is 11.6 Å². The summed E-state index contributed by atoms with van der Waals surface area (Å²) in [6, 6.07) is 51.2. The third-order valence-corrected chi connectivity index (χ3v) is 10.0. The Morgan fingerprint density at radius 3 is 1.67 bits per heavy atom. The molecule has 46 heavy (non-hydrogen) atoms.